The number of hydrogen-bond acceptors (Lipinski definition) is 4. The Labute approximate surface area is 123 Å². The summed E-state index contributed by atoms with van der Waals surface area (Å²) in [5.74, 6) is -1.37. The maximum absolute atomic E-state index is 13.4. The van der Waals surface area contributed by atoms with E-state index in [4.69, 9.17) is 23.2 Å². The number of hydrogen-bond donors (Lipinski definition) is 0. The number of nitrogens with zero attached hydrogens (tertiary/aromatic N) is 3. The molecule has 8 heteroatoms. The SMILES string of the molecule is Cn1ncc(C(=O)ON=Cc2c(F)cccc2Cl)c1Cl. The van der Waals surface area contributed by atoms with E-state index in [9.17, 15) is 9.18 Å². The van der Waals surface area contributed by atoms with E-state index in [2.05, 4.69) is 15.1 Å². The van der Waals surface area contributed by atoms with Crippen molar-refractivity contribution < 1.29 is 14.0 Å². The highest BCUT2D eigenvalue weighted by Gasteiger charge is 2.16. The topological polar surface area (TPSA) is 56.5 Å². The van der Waals surface area contributed by atoms with Gasteiger partial charge in [0.25, 0.3) is 0 Å². The lowest BCUT2D eigenvalue weighted by atomic mass is 10.2. The van der Waals surface area contributed by atoms with Gasteiger partial charge in [0.1, 0.15) is 16.5 Å². The molecule has 1 aromatic heterocycles. The lowest BCUT2D eigenvalue weighted by Gasteiger charge is -1.99. The Bertz CT molecular complexity index is 665. The molecular formula is C12H8Cl2FN3O2. The van der Waals surface area contributed by atoms with E-state index in [-0.39, 0.29) is 21.3 Å². The zero-order valence-corrected chi connectivity index (χ0v) is 11.7. The number of aromatic nitrogens is 2. The van der Waals surface area contributed by atoms with Gasteiger partial charge in [0, 0.05) is 7.05 Å². The summed E-state index contributed by atoms with van der Waals surface area (Å²) >= 11 is 11.6. The molecule has 0 aliphatic rings. The van der Waals surface area contributed by atoms with E-state index in [0.717, 1.165) is 6.21 Å². The Morgan fingerprint density at radius 1 is 1.50 bits per heavy atom. The number of carbonyl (C=O) groups excluding carboxylic acids is 1. The molecular weight excluding hydrogens is 308 g/mol. The summed E-state index contributed by atoms with van der Waals surface area (Å²) in [7, 11) is 1.57. The van der Waals surface area contributed by atoms with Gasteiger partial charge in [-0.15, -0.1) is 0 Å². The number of rotatable bonds is 3. The molecule has 0 aliphatic heterocycles. The second-order valence-corrected chi connectivity index (χ2v) is 4.49. The third-order valence-corrected chi connectivity index (χ3v) is 3.18. The summed E-state index contributed by atoms with van der Waals surface area (Å²) < 4.78 is 14.7. The molecule has 1 aromatic carbocycles. The van der Waals surface area contributed by atoms with Crippen LogP contribution in [-0.4, -0.2) is 22.0 Å². The molecule has 1 heterocycles. The molecule has 0 bridgehead atoms. The zero-order valence-electron chi connectivity index (χ0n) is 10.2. The lowest BCUT2D eigenvalue weighted by molar-refractivity contribution is 0.0519. The summed E-state index contributed by atoms with van der Waals surface area (Å²) in [6.07, 6.45) is 2.26. The van der Waals surface area contributed by atoms with Crippen molar-refractivity contribution >= 4 is 35.4 Å². The Morgan fingerprint density at radius 2 is 2.25 bits per heavy atom. The first kappa shape index (κ1) is 14.5. The average Bonchev–Trinajstić information content (AvgIpc) is 2.73. The maximum Gasteiger partial charge on any atom is 0.370 e. The second kappa shape index (κ2) is 6.02. The summed E-state index contributed by atoms with van der Waals surface area (Å²) in [6.45, 7) is 0. The largest absolute Gasteiger partial charge is 0.370 e. The van der Waals surface area contributed by atoms with Gasteiger partial charge in [-0.1, -0.05) is 34.4 Å². The molecule has 20 heavy (non-hydrogen) atoms. The van der Waals surface area contributed by atoms with Gasteiger partial charge in [-0.2, -0.15) is 5.10 Å². The van der Waals surface area contributed by atoms with Crippen LogP contribution in [0.4, 0.5) is 4.39 Å². The highest BCUT2D eigenvalue weighted by molar-refractivity contribution is 6.33. The highest BCUT2D eigenvalue weighted by atomic mass is 35.5. The zero-order chi connectivity index (χ0) is 14.7. The molecule has 0 saturated carbocycles. The van der Waals surface area contributed by atoms with E-state index in [1.165, 1.54) is 29.1 Å². The van der Waals surface area contributed by atoms with E-state index in [0.29, 0.717) is 0 Å². The third kappa shape index (κ3) is 2.97. The maximum atomic E-state index is 13.4. The standard InChI is InChI=1S/C12H8Cl2FN3O2/c1-18-11(14)8(5-16-18)12(19)20-17-6-7-9(13)3-2-4-10(7)15/h2-6H,1H3. The lowest BCUT2D eigenvalue weighted by Crippen LogP contribution is -2.01. The van der Waals surface area contributed by atoms with Crippen molar-refractivity contribution in [3.63, 3.8) is 0 Å². The quantitative estimate of drug-likeness (QED) is 0.497. The van der Waals surface area contributed by atoms with Crippen LogP contribution in [0, 0.1) is 5.82 Å². The van der Waals surface area contributed by atoms with Crippen LogP contribution in [0.25, 0.3) is 0 Å². The van der Waals surface area contributed by atoms with Crippen molar-refractivity contribution in [2.75, 3.05) is 0 Å². The number of halogens is 3. The normalized spacial score (nSPS) is 11.0. The van der Waals surface area contributed by atoms with E-state index >= 15 is 0 Å². The fraction of sp³-hybridized carbons (Fsp3) is 0.0833. The monoisotopic (exact) mass is 315 g/mol. The fourth-order valence-corrected chi connectivity index (χ4v) is 1.75. The van der Waals surface area contributed by atoms with Gasteiger partial charge < -0.3 is 4.84 Å². The van der Waals surface area contributed by atoms with Gasteiger partial charge in [-0.05, 0) is 12.1 Å². The molecule has 0 radical (unpaired) electrons. The first-order chi connectivity index (χ1) is 9.50. The molecule has 104 valence electrons. The molecule has 0 amide bonds. The van der Waals surface area contributed by atoms with Crippen LogP contribution in [0.2, 0.25) is 10.2 Å². The van der Waals surface area contributed by atoms with Crippen LogP contribution in [0.5, 0.6) is 0 Å². The first-order valence-corrected chi connectivity index (χ1v) is 6.12. The molecule has 0 spiro atoms. The number of aryl methyl sites for hydroxylation is 1. The molecule has 0 aliphatic carbocycles. The molecule has 0 atom stereocenters. The average molecular weight is 316 g/mol. The second-order valence-electron chi connectivity index (χ2n) is 3.72. The van der Waals surface area contributed by atoms with Crippen LogP contribution in [0.3, 0.4) is 0 Å². The minimum atomic E-state index is -0.799. The Morgan fingerprint density at radius 3 is 2.85 bits per heavy atom. The molecule has 0 fully saturated rings. The number of oxime groups is 1. The van der Waals surface area contributed by atoms with Crippen molar-refractivity contribution in [1.29, 1.82) is 0 Å². The predicted molar refractivity (Wildman–Crippen MR) is 72.6 cm³/mol. The van der Waals surface area contributed by atoms with Crippen molar-refractivity contribution in [3.05, 3.63) is 51.5 Å². The molecule has 2 aromatic rings. The smallest absolute Gasteiger partial charge is 0.313 e. The van der Waals surface area contributed by atoms with E-state index < -0.39 is 11.8 Å². The summed E-state index contributed by atoms with van der Waals surface area (Å²) in [4.78, 5) is 16.2. The summed E-state index contributed by atoms with van der Waals surface area (Å²) in [5, 5.41) is 7.45. The third-order valence-electron chi connectivity index (χ3n) is 2.40. The van der Waals surface area contributed by atoms with Gasteiger partial charge in [0.2, 0.25) is 0 Å². The molecule has 5 nitrogen and oxygen atoms in total. The summed E-state index contributed by atoms with van der Waals surface area (Å²) in [5.41, 5.74) is 0.0881. The molecule has 0 N–H and O–H groups in total. The van der Waals surface area contributed by atoms with E-state index in [1.54, 1.807) is 7.05 Å². The van der Waals surface area contributed by atoms with Gasteiger partial charge in [-0.3, -0.25) is 4.68 Å². The van der Waals surface area contributed by atoms with Crippen LogP contribution in [0.1, 0.15) is 15.9 Å². The van der Waals surface area contributed by atoms with Crippen LogP contribution in [-0.2, 0) is 11.9 Å². The van der Waals surface area contributed by atoms with E-state index in [1.807, 2.05) is 0 Å². The minimum absolute atomic E-state index is 0.0271. The van der Waals surface area contributed by atoms with Gasteiger partial charge in [0.05, 0.1) is 23.0 Å². The minimum Gasteiger partial charge on any atom is -0.313 e. The number of carbonyl (C=O) groups is 1. The van der Waals surface area contributed by atoms with Gasteiger partial charge >= 0.3 is 5.97 Å². The summed E-state index contributed by atoms with van der Waals surface area (Å²) in [6, 6.07) is 4.16. The van der Waals surface area contributed by atoms with Gasteiger partial charge in [-0.25, -0.2) is 9.18 Å². The first-order valence-electron chi connectivity index (χ1n) is 5.37. The Balaban J connectivity index is 2.11. The Kier molecular flexibility index (Phi) is 4.36. The number of benzene rings is 1. The fourth-order valence-electron chi connectivity index (χ4n) is 1.37. The highest BCUT2D eigenvalue weighted by Crippen LogP contribution is 2.17. The Hall–Kier alpha value is -1.92. The molecule has 0 unspecified atom stereocenters. The van der Waals surface area contributed by atoms with Crippen molar-refractivity contribution in [2.24, 2.45) is 12.2 Å². The van der Waals surface area contributed by atoms with Crippen LogP contribution >= 0.6 is 23.2 Å². The van der Waals surface area contributed by atoms with Crippen molar-refractivity contribution in [3.8, 4) is 0 Å². The van der Waals surface area contributed by atoms with Crippen molar-refractivity contribution in [2.45, 2.75) is 0 Å². The van der Waals surface area contributed by atoms with Crippen LogP contribution < -0.4 is 0 Å². The van der Waals surface area contributed by atoms with Gasteiger partial charge in [0.15, 0.2) is 0 Å². The van der Waals surface area contributed by atoms with Crippen molar-refractivity contribution in [1.82, 2.24) is 9.78 Å². The molecule has 2 rings (SSSR count). The predicted octanol–water partition coefficient (Wildman–Crippen LogP) is 3.06. The molecule has 0 saturated heterocycles. The van der Waals surface area contributed by atoms with Crippen LogP contribution in [0.15, 0.2) is 29.6 Å².